The minimum Gasteiger partial charge on any atom is -0.465 e. The molecule has 1 aliphatic rings. The van der Waals surface area contributed by atoms with Crippen LogP contribution in [-0.4, -0.2) is 24.9 Å². The fourth-order valence-corrected chi connectivity index (χ4v) is 2.47. The number of nitrogens with one attached hydrogen (secondary N) is 1. The lowest BCUT2D eigenvalue weighted by molar-refractivity contribution is -0.128. The molecule has 2 atom stereocenters. The molecule has 1 aromatic rings. The Labute approximate surface area is 117 Å². The maximum Gasteiger partial charge on any atom is 0.337 e. The smallest absolute Gasteiger partial charge is 0.337 e. The van der Waals surface area contributed by atoms with Gasteiger partial charge >= 0.3 is 5.97 Å². The Morgan fingerprint density at radius 2 is 1.90 bits per heavy atom. The number of ether oxygens (including phenoxy) is 1. The number of hydrogen-bond donors (Lipinski definition) is 1. The van der Waals surface area contributed by atoms with Gasteiger partial charge in [0.25, 0.3) is 0 Å². The lowest BCUT2D eigenvalue weighted by Gasteiger charge is -2.28. The molecule has 1 aliphatic heterocycles. The van der Waals surface area contributed by atoms with Crippen molar-refractivity contribution in [2.24, 2.45) is 5.41 Å². The lowest BCUT2D eigenvalue weighted by atomic mass is 9.73. The number of benzene rings is 1. The van der Waals surface area contributed by atoms with Gasteiger partial charge in [0.15, 0.2) is 0 Å². The summed E-state index contributed by atoms with van der Waals surface area (Å²) in [6.07, 6.45) is 0.186. The largest absolute Gasteiger partial charge is 0.465 e. The van der Waals surface area contributed by atoms with Crippen LogP contribution < -0.4 is 5.32 Å². The van der Waals surface area contributed by atoms with Crippen molar-refractivity contribution in [3.05, 3.63) is 35.4 Å². The summed E-state index contributed by atoms with van der Waals surface area (Å²) in [7, 11) is 1.33. The second-order valence-corrected chi connectivity index (χ2v) is 5.31. The van der Waals surface area contributed by atoms with Gasteiger partial charge in [-0.1, -0.05) is 19.1 Å². The molecule has 20 heavy (non-hydrogen) atoms. The normalized spacial score (nSPS) is 23.4. The molecule has 106 valence electrons. The van der Waals surface area contributed by atoms with Gasteiger partial charge in [-0.15, -0.1) is 0 Å². The second kappa shape index (κ2) is 5.07. The first-order valence-electron chi connectivity index (χ1n) is 6.41. The van der Waals surface area contributed by atoms with Gasteiger partial charge in [0.1, 0.15) is 0 Å². The maximum atomic E-state index is 11.9. The minimum absolute atomic E-state index is 0.124. The number of carbonyl (C=O) groups excluding carboxylic acids is 3. The highest BCUT2D eigenvalue weighted by atomic mass is 16.5. The number of esters is 1. The highest BCUT2D eigenvalue weighted by Crippen LogP contribution is 2.41. The van der Waals surface area contributed by atoms with E-state index in [1.165, 1.54) is 7.11 Å². The molecule has 0 aromatic heterocycles. The van der Waals surface area contributed by atoms with Gasteiger partial charge in [0.2, 0.25) is 11.8 Å². The molecule has 0 radical (unpaired) electrons. The Morgan fingerprint density at radius 1 is 1.30 bits per heavy atom. The quantitative estimate of drug-likeness (QED) is 0.672. The molecule has 1 N–H and O–H groups in total. The lowest BCUT2D eigenvalue weighted by Crippen LogP contribution is -2.33. The van der Waals surface area contributed by atoms with Crippen LogP contribution in [0.5, 0.6) is 0 Å². The molecular weight excluding hydrogens is 258 g/mol. The first-order chi connectivity index (χ1) is 9.38. The molecule has 2 amide bonds. The molecule has 1 heterocycles. The summed E-state index contributed by atoms with van der Waals surface area (Å²) >= 11 is 0. The molecule has 1 saturated heterocycles. The summed E-state index contributed by atoms with van der Waals surface area (Å²) in [5.41, 5.74) is 0.620. The number of hydrogen-bond acceptors (Lipinski definition) is 4. The molecule has 0 aliphatic carbocycles. The van der Waals surface area contributed by atoms with Crippen LogP contribution in [-0.2, 0) is 14.3 Å². The standard InChI is InChI=1S/C15H17NO4/c1-9(15(2)8-12(17)16-14(15)19)10-4-6-11(7-5-10)13(18)20-3/h4-7,9H,8H2,1-3H3,(H,16,17,19)/t9?,15-/m0/s1. The minimum atomic E-state index is -0.746. The van der Waals surface area contributed by atoms with E-state index in [0.29, 0.717) is 5.56 Å². The van der Waals surface area contributed by atoms with Crippen LogP contribution >= 0.6 is 0 Å². The third-order valence-electron chi connectivity index (χ3n) is 4.09. The summed E-state index contributed by atoms with van der Waals surface area (Å²) in [4.78, 5) is 34.7. The zero-order valence-corrected chi connectivity index (χ0v) is 11.7. The molecule has 0 saturated carbocycles. The third kappa shape index (κ3) is 2.31. The van der Waals surface area contributed by atoms with Crippen molar-refractivity contribution in [3.8, 4) is 0 Å². The van der Waals surface area contributed by atoms with Crippen LogP contribution in [0.4, 0.5) is 0 Å². The van der Waals surface area contributed by atoms with Crippen molar-refractivity contribution in [3.63, 3.8) is 0 Å². The Bertz CT molecular complexity index is 564. The van der Waals surface area contributed by atoms with Crippen LogP contribution in [0.15, 0.2) is 24.3 Å². The molecule has 1 unspecified atom stereocenters. The maximum absolute atomic E-state index is 11.9. The van der Waals surface area contributed by atoms with Gasteiger partial charge in [-0.05, 0) is 30.5 Å². The molecule has 0 spiro atoms. The van der Waals surface area contributed by atoms with Crippen LogP contribution in [0, 0.1) is 5.41 Å². The first kappa shape index (κ1) is 14.2. The van der Waals surface area contributed by atoms with E-state index < -0.39 is 11.4 Å². The average Bonchev–Trinajstić information content (AvgIpc) is 2.71. The monoisotopic (exact) mass is 275 g/mol. The molecule has 0 bridgehead atoms. The summed E-state index contributed by atoms with van der Waals surface area (Å²) < 4.78 is 4.64. The van der Waals surface area contributed by atoms with Gasteiger partial charge < -0.3 is 4.74 Å². The highest BCUT2D eigenvalue weighted by molar-refractivity contribution is 6.06. The predicted molar refractivity (Wildman–Crippen MR) is 72.1 cm³/mol. The number of methoxy groups -OCH3 is 1. The third-order valence-corrected chi connectivity index (χ3v) is 4.09. The Morgan fingerprint density at radius 3 is 2.35 bits per heavy atom. The van der Waals surface area contributed by atoms with Crippen molar-refractivity contribution >= 4 is 17.8 Å². The van der Waals surface area contributed by atoms with Gasteiger partial charge in [-0.25, -0.2) is 4.79 Å². The fourth-order valence-electron chi connectivity index (χ4n) is 2.47. The van der Waals surface area contributed by atoms with Gasteiger partial charge in [0, 0.05) is 6.42 Å². The second-order valence-electron chi connectivity index (χ2n) is 5.31. The van der Waals surface area contributed by atoms with Crippen LogP contribution in [0.3, 0.4) is 0 Å². The van der Waals surface area contributed by atoms with E-state index in [9.17, 15) is 14.4 Å². The van der Waals surface area contributed by atoms with Crippen molar-refractivity contribution in [1.82, 2.24) is 5.32 Å². The number of carbonyl (C=O) groups is 3. The zero-order valence-electron chi connectivity index (χ0n) is 11.7. The molecule has 5 heteroatoms. The van der Waals surface area contributed by atoms with E-state index in [4.69, 9.17) is 0 Å². The van der Waals surface area contributed by atoms with E-state index in [1.807, 2.05) is 6.92 Å². The summed E-state index contributed by atoms with van der Waals surface area (Å²) in [6.45, 7) is 3.69. The van der Waals surface area contributed by atoms with E-state index in [1.54, 1.807) is 31.2 Å². The molecule has 1 fully saturated rings. The fraction of sp³-hybridized carbons (Fsp3) is 0.400. The molecule has 1 aromatic carbocycles. The van der Waals surface area contributed by atoms with Crippen LogP contribution in [0.1, 0.15) is 42.1 Å². The molecule has 5 nitrogen and oxygen atoms in total. The van der Waals surface area contributed by atoms with Gasteiger partial charge in [-0.3, -0.25) is 14.9 Å². The van der Waals surface area contributed by atoms with Gasteiger partial charge in [0.05, 0.1) is 18.1 Å². The topological polar surface area (TPSA) is 72.5 Å². The zero-order chi connectivity index (χ0) is 14.9. The van der Waals surface area contributed by atoms with Gasteiger partial charge in [-0.2, -0.15) is 0 Å². The SMILES string of the molecule is COC(=O)c1ccc(C(C)[C@]2(C)CC(=O)NC2=O)cc1. The highest BCUT2D eigenvalue weighted by Gasteiger charge is 2.46. The Balaban J connectivity index is 2.25. The van der Waals surface area contributed by atoms with Crippen molar-refractivity contribution in [1.29, 1.82) is 0 Å². The van der Waals surface area contributed by atoms with Crippen LogP contribution in [0.25, 0.3) is 0 Å². The Kier molecular flexibility index (Phi) is 3.61. The van der Waals surface area contributed by atoms with E-state index >= 15 is 0 Å². The van der Waals surface area contributed by atoms with E-state index in [0.717, 1.165) is 5.56 Å². The summed E-state index contributed by atoms with van der Waals surface area (Å²) in [5, 5.41) is 2.34. The van der Waals surface area contributed by atoms with E-state index in [-0.39, 0.29) is 24.2 Å². The summed E-state index contributed by atoms with van der Waals surface area (Å²) in [5.74, 6) is -1.01. The number of rotatable bonds is 3. The van der Waals surface area contributed by atoms with Crippen molar-refractivity contribution in [2.45, 2.75) is 26.2 Å². The summed E-state index contributed by atoms with van der Waals surface area (Å²) in [6, 6.07) is 6.90. The first-order valence-corrected chi connectivity index (χ1v) is 6.41. The average molecular weight is 275 g/mol. The van der Waals surface area contributed by atoms with Crippen molar-refractivity contribution in [2.75, 3.05) is 7.11 Å². The van der Waals surface area contributed by atoms with Crippen LogP contribution in [0.2, 0.25) is 0 Å². The molecule has 2 rings (SSSR count). The number of amides is 2. The van der Waals surface area contributed by atoms with E-state index in [2.05, 4.69) is 10.1 Å². The predicted octanol–water partition coefficient (Wildman–Crippen LogP) is 1.63. The molecular formula is C15H17NO4. The van der Waals surface area contributed by atoms with Crippen molar-refractivity contribution < 1.29 is 19.1 Å². The number of imide groups is 1. The Hall–Kier alpha value is -2.17.